The van der Waals surface area contributed by atoms with Crippen molar-refractivity contribution in [1.29, 1.82) is 0 Å². The van der Waals surface area contributed by atoms with Gasteiger partial charge in [-0.05, 0) is 53.4 Å². The number of amides is 1. The second kappa shape index (κ2) is 6.06. The first kappa shape index (κ1) is 14.5. The van der Waals surface area contributed by atoms with Crippen molar-refractivity contribution in [3.05, 3.63) is 28.2 Å². The van der Waals surface area contributed by atoms with Gasteiger partial charge in [0.1, 0.15) is 0 Å². The molecule has 1 saturated carbocycles. The van der Waals surface area contributed by atoms with Gasteiger partial charge in [-0.3, -0.25) is 4.79 Å². The molecule has 1 aromatic rings. The summed E-state index contributed by atoms with van der Waals surface area (Å²) in [6.45, 7) is 2.02. The van der Waals surface area contributed by atoms with E-state index in [4.69, 9.17) is 5.73 Å². The monoisotopic (exact) mass is 324 g/mol. The second-order valence-corrected chi connectivity index (χ2v) is 6.49. The molecule has 1 fully saturated rings. The molecule has 0 aromatic heterocycles. The summed E-state index contributed by atoms with van der Waals surface area (Å²) in [4.78, 5) is 12.1. The van der Waals surface area contributed by atoms with E-state index < -0.39 is 0 Å². The summed E-state index contributed by atoms with van der Waals surface area (Å²) in [5.41, 5.74) is 7.97. The Morgan fingerprint density at radius 2 is 2.05 bits per heavy atom. The van der Waals surface area contributed by atoms with Crippen molar-refractivity contribution >= 4 is 27.5 Å². The van der Waals surface area contributed by atoms with Crippen molar-refractivity contribution in [3.63, 3.8) is 0 Å². The van der Waals surface area contributed by atoms with Gasteiger partial charge in [-0.1, -0.05) is 25.3 Å². The number of benzene rings is 1. The van der Waals surface area contributed by atoms with Crippen LogP contribution in [0.4, 0.5) is 5.69 Å². The fourth-order valence-corrected chi connectivity index (χ4v) is 3.26. The molecule has 0 radical (unpaired) electrons. The van der Waals surface area contributed by atoms with Crippen molar-refractivity contribution in [1.82, 2.24) is 0 Å². The smallest absolute Gasteiger partial charge is 0.226 e. The Kier molecular flexibility index (Phi) is 4.63. The van der Waals surface area contributed by atoms with Crippen LogP contribution in [0, 0.1) is 6.92 Å². The molecule has 4 heteroatoms. The summed E-state index contributed by atoms with van der Waals surface area (Å²) in [5.74, 6) is 0.00829. The Labute approximate surface area is 123 Å². The van der Waals surface area contributed by atoms with E-state index in [0.29, 0.717) is 6.42 Å². The van der Waals surface area contributed by atoms with Gasteiger partial charge in [0.15, 0.2) is 0 Å². The summed E-state index contributed by atoms with van der Waals surface area (Å²) < 4.78 is 0.913. The maximum atomic E-state index is 12.1. The number of anilines is 1. The van der Waals surface area contributed by atoms with E-state index in [1.165, 1.54) is 6.42 Å². The fraction of sp³-hybridized carbons (Fsp3) is 0.533. The number of carbonyl (C=O) groups excluding carboxylic acids is 1. The number of halogens is 1. The number of rotatable bonds is 3. The lowest BCUT2D eigenvalue weighted by molar-refractivity contribution is -0.117. The zero-order chi connectivity index (χ0) is 13.9. The summed E-state index contributed by atoms with van der Waals surface area (Å²) >= 11 is 3.47. The van der Waals surface area contributed by atoms with E-state index >= 15 is 0 Å². The second-order valence-electron chi connectivity index (χ2n) is 5.63. The molecule has 0 spiro atoms. The van der Waals surface area contributed by atoms with Crippen LogP contribution < -0.4 is 11.1 Å². The maximum Gasteiger partial charge on any atom is 0.226 e. The van der Waals surface area contributed by atoms with Gasteiger partial charge in [0.2, 0.25) is 5.91 Å². The normalized spacial score (nSPS) is 18.1. The Balaban J connectivity index is 1.97. The van der Waals surface area contributed by atoms with Gasteiger partial charge in [-0.25, -0.2) is 0 Å². The maximum absolute atomic E-state index is 12.1. The van der Waals surface area contributed by atoms with Crippen LogP contribution in [0.3, 0.4) is 0 Å². The average molecular weight is 325 g/mol. The Morgan fingerprint density at radius 1 is 1.37 bits per heavy atom. The topological polar surface area (TPSA) is 55.1 Å². The zero-order valence-electron chi connectivity index (χ0n) is 11.3. The first-order chi connectivity index (χ1) is 8.98. The molecule has 0 atom stereocenters. The lowest BCUT2D eigenvalue weighted by atomic mass is 9.80. The molecular weight excluding hydrogens is 304 g/mol. The summed E-state index contributed by atoms with van der Waals surface area (Å²) in [6.07, 6.45) is 5.83. The van der Waals surface area contributed by atoms with Gasteiger partial charge in [-0.2, -0.15) is 0 Å². The van der Waals surface area contributed by atoms with Crippen LogP contribution in [0.25, 0.3) is 0 Å². The molecule has 19 heavy (non-hydrogen) atoms. The molecule has 0 heterocycles. The lowest BCUT2D eigenvalue weighted by Crippen LogP contribution is -2.44. The number of nitrogens with two attached hydrogens (primary N) is 1. The van der Waals surface area contributed by atoms with Gasteiger partial charge in [-0.15, -0.1) is 0 Å². The molecule has 2 rings (SSSR count). The molecule has 3 nitrogen and oxygen atoms in total. The minimum Gasteiger partial charge on any atom is -0.325 e. The lowest BCUT2D eigenvalue weighted by Gasteiger charge is -2.32. The van der Waals surface area contributed by atoms with Gasteiger partial charge < -0.3 is 11.1 Å². The van der Waals surface area contributed by atoms with Crippen molar-refractivity contribution in [3.8, 4) is 0 Å². The molecule has 3 N–H and O–H groups in total. The van der Waals surface area contributed by atoms with Crippen LogP contribution in [-0.4, -0.2) is 11.4 Å². The predicted molar refractivity (Wildman–Crippen MR) is 82.1 cm³/mol. The average Bonchev–Trinajstić information content (AvgIpc) is 2.33. The number of hydrogen-bond donors (Lipinski definition) is 2. The SMILES string of the molecule is Cc1ccc(NC(=O)CC2(N)CCCCC2)c(Br)c1. The molecule has 1 aliphatic carbocycles. The standard InChI is InChI=1S/C15H21BrN2O/c1-11-5-6-13(12(16)9-11)18-14(19)10-15(17)7-3-2-4-8-15/h5-6,9H,2-4,7-8,10,17H2,1H3,(H,18,19). The Bertz CT molecular complexity index is 467. The largest absolute Gasteiger partial charge is 0.325 e. The first-order valence-electron chi connectivity index (χ1n) is 6.83. The van der Waals surface area contributed by atoms with E-state index in [-0.39, 0.29) is 11.4 Å². The number of carbonyl (C=O) groups is 1. The van der Waals surface area contributed by atoms with Crippen LogP contribution >= 0.6 is 15.9 Å². The van der Waals surface area contributed by atoms with Crippen molar-refractivity contribution in [2.24, 2.45) is 5.73 Å². The number of nitrogens with one attached hydrogen (secondary N) is 1. The van der Waals surface area contributed by atoms with E-state index in [9.17, 15) is 4.79 Å². The van der Waals surface area contributed by atoms with Crippen LogP contribution in [0.1, 0.15) is 44.1 Å². The molecular formula is C15H21BrN2O. The Hall–Kier alpha value is -0.870. The highest BCUT2D eigenvalue weighted by atomic mass is 79.9. The molecule has 0 bridgehead atoms. The van der Waals surface area contributed by atoms with E-state index in [1.807, 2.05) is 25.1 Å². The van der Waals surface area contributed by atoms with Crippen LogP contribution in [-0.2, 0) is 4.79 Å². The predicted octanol–water partition coefficient (Wildman–Crippen LogP) is 3.75. The van der Waals surface area contributed by atoms with E-state index in [1.54, 1.807) is 0 Å². The van der Waals surface area contributed by atoms with Crippen LogP contribution in [0.15, 0.2) is 22.7 Å². The van der Waals surface area contributed by atoms with Gasteiger partial charge in [0.25, 0.3) is 0 Å². The van der Waals surface area contributed by atoms with Gasteiger partial charge >= 0.3 is 0 Å². The third-order valence-electron chi connectivity index (χ3n) is 3.76. The highest BCUT2D eigenvalue weighted by molar-refractivity contribution is 9.10. The highest BCUT2D eigenvalue weighted by Gasteiger charge is 2.30. The molecule has 1 amide bonds. The Morgan fingerprint density at radius 3 is 2.68 bits per heavy atom. The summed E-state index contributed by atoms with van der Waals surface area (Å²) in [5, 5.41) is 2.94. The first-order valence-corrected chi connectivity index (χ1v) is 7.63. The molecule has 1 aromatic carbocycles. The third-order valence-corrected chi connectivity index (χ3v) is 4.42. The fourth-order valence-electron chi connectivity index (χ4n) is 2.67. The summed E-state index contributed by atoms with van der Waals surface area (Å²) in [7, 11) is 0. The van der Waals surface area contributed by atoms with Crippen molar-refractivity contribution < 1.29 is 4.79 Å². The number of hydrogen-bond acceptors (Lipinski definition) is 2. The minimum absolute atomic E-state index is 0.00829. The molecule has 0 saturated heterocycles. The number of aryl methyl sites for hydroxylation is 1. The van der Waals surface area contributed by atoms with Gasteiger partial charge in [0.05, 0.1) is 5.69 Å². The van der Waals surface area contributed by atoms with Crippen LogP contribution in [0.2, 0.25) is 0 Å². The van der Waals surface area contributed by atoms with E-state index in [0.717, 1.165) is 41.4 Å². The highest BCUT2D eigenvalue weighted by Crippen LogP contribution is 2.30. The van der Waals surface area contributed by atoms with Crippen molar-refractivity contribution in [2.75, 3.05) is 5.32 Å². The molecule has 1 aliphatic rings. The molecule has 0 unspecified atom stereocenters. The van der Waals surface area contributed by atoms with E-state index in [2.05, 4.69) is 21.2 Å². The third kappa shape index (κ3) is 4.05. The van der Waals surface area contributed by atoms with Gasteiger partial charge in [0, 0.05) is 16.4 Å². The van der Waals surface area contributed by atoms with Crippen LogP contribution in [0.5, 0.6) is 0 Å². The zero-order valence-corrected chi connectivity index (χ0v) is 12.9. The van der Waals surface area contributed by atoms with Crippen molar-refractivity contribution in [2.45, 2.75) is 51.0 Å². The molecule has 0 aliphatic heterocycles. The minimum atomic E-state index is -0.306. The molecule has 104 valence electrons. The quantitative estimate of drug-likeness (QED) is 0.889. The summed E-state index contributed by atoms with van der Waals surface area (Å²) in [6, 6.07) is 5.90.